The molecule has 1 aliphatic heterocycles. The molecule has 1 fully saturated rings. The lowest BCUT2D eigenvalue weighted by Crippen LogP contribution is -2.45. The van der Waals surface area contributed by atoms with Crippen LogP contribution in [0.15, 0.2) is 10.2 Å². The summed E-state index contributed by atoms with van der Waals surface area (Å²) in [6.07, 6.45) is -1.37. The Morgan fingerprint density at radius 2 is 2.31 bits per heavy atom. The van der Waals surface area contributed by atoms with Crippen LogP contribution in [0, 0.1) is 0 Å². The van der Waals surface area contributed by atoms with E-state index in [1.165, 1.54) is 7.11 Å². The minimum Gasteiger partial charge on any atom is -0.356 e. The van der Waals surface area contributed by atoms with E-state index in [-0.39, 0.29) is 13.0 Å². The summed E-state index contributed by atoms with van der Waals surface area (Å²) in [7, 11) is 1.41. The molecule has 1 rings (SSSR count). The van der Waals surface area contributed by atoms with Crippen LogP contribution in [0.25, 0.3) is 20.9 Å². The smallest absolute Gasteiger partial charge is 0.170 e. The highest BCUT2D eigenvalue weighted by atomic mass is 16.7. The van der Waals surface area contributed by atoms with E-state index >= 15 is 0 Å². The molecule has 0 N–H and O–H groups in total. The monoisotopic (exact) mass is 226 g/mol. The Morgan fingerprint density at radius 3 is 2.88 bits per heavy atom. The Hall–Kier alpha value is -1.79. The van der Waals surface area contributed by atoms with E-state index < -0.39 is 24.2 Å². The molecule has 0 amide bonds. The Morgan fingerprint density at radius 1 is 1.56 bits per heavy atom. The molecule has 1 saturated heterocycles. The molecule has 9 heteroatoms. The zero-order valence-corrected chi connectivity index (χ0v) is 8.55. The number of ketones is 1. The van der Waals surface area contributed by atoms with E-state index in [4.69, 9.17) is 20.5 Å². The van der Waals surface area contributed by atoms with Crippen molar-refractivity contribution in [2.75, 3.05) is 13.7 Å². The van der Waals surface area contributed by atoms with E-state index in [1.54, 1.807) is 0 Å². The summed E-state index contributed by atoms with van der Waals surface area (Å²) in [5.41, 5.74) is 16.5. The number of hydrogen-bond donors (Lipinski definition) is 0. The second-order valence-electron chi connectivity index (χ2n) is 3.06. The fraction of sp³-hybridized carbons (Fsp3) is 0.857. The molecule has 0 aromatic heterocycles. The predicted octanol–water partition coefficient (Wildman–Crippen LogP) is 1.31. The second kappa shape index (κ2) is 5.94. The highest BCUT2D eigenvalue weighted by molar-refractivity contribution is 5.89. The van der Waals surface area contributed by atoms with Crippen molar-refractivity contribution < 1.29 is 14.3 Å². The van der Waals surface area contributed by atoms with Gasteiger partial charge in [-0.25, -0.2) is 0 Å². The Labute approximate surface area is 90.6 Å². The summed E-state index contributed by atoms with van der Waals surface area (Å²) < 4.78 is 10.1. The molecule has 0 aromatic carbocycles. The summed E-state index contributed by atoms with van der Waals surface area (Å²) in [5, 5.41) is 6.61. The lowest BCUT2D eigenvalue weighted by Gasteiger charge is -2.30. The molecule has 0 aliphatic carbocycles. The minimum absolute atomic E-state index is 0.132. The van der Waals surface area contributed by atoms with E-state index in [2.05, 4.69) is 20.1 Å². The van der Waals surface area contributed by atoms with Crippen LogP contribution in [0.4, 0.5) is 0 Å². The van der Waals surface area contributed by atoms with Crippen molar-refractivity contribution in [2.24, 2.45) is 10.2 Å². The molecule has 0 bridgehead atoms. The molecule has 1 aliphatic rings. The van der Waals surface area contributed by atoms with Crippen molar-refractivity contribution in [3.8, 4) is 0 Å². The number of carbonyl (C=O) groups is 1. The van der Waals surface area contributed by atoms with Crippen molar-refractivity contribution in [3.63, 3.8) is 0 Å². The van der Waals surface area contributed by atoms with Crippen LogP contribution in [0.2, 0.25) is 0 Å². The number of rotatable bonds is 4. The van der Waals surface area contributed by atoms with Gasteiger partial charge in [-0.2, -0.15) is 0 Å². The first-order valence-electron chi connectivity index (χ1n) is 4.50. The zero-order chi connectivity index (χ0) is 12.0. The Kier molecular flexibility index (Phi) is 4.56. The Balaban J connectivity index is 2.78. The number of azide groups is 2. The van der Waals surface area contributed by atoms with Crippen LogP contribution in [0.3, 0.4) is 0 Å². The highest BCUT2D eigenvalue weighted by Crippen LogP contribution is 2.20. The van der Waals surface area contributed by atoms with E-state index in [0.29, 0.717) is 0 Å². The topological polar surface area (TPSA) is 133 Å². The molecule has 3 atom stereocenters. The second-order valence-corrected chi connectivity index (χ2v) is 3.06. The third kappa shape index (κ3) is 2.85. The third-order valence-electron chi connectivity index (χ3n) is 2.14. The van der Waals surface area contributed by atoms with Crippen LogP contribution < -0.4 is 0 Å². The summed E-state index contributed by atoms with van der Waals surface area (Å²) in [5.74, 6) is -0.390. The van der Waals surface area contributed by atoms with Crippen molar-refractivity contribution in [1.29, 1.82) is 0 Å². The van der Waals surface area contributed by atoms with Gasteiger partial charge in [0, 0.05) is 23.4 Å². The summed E-state index contributed by atoms with van der Waals surface area (Å²) >= 11 is 0. The third-order valence-corrected chi connectivity index (χ3v) is 2.14. The van der Waals surface area contributed by atoms with Crippen molar-refractivity contribution in [3.05, 3.63) is 20.9 Å². The summed E-state index contributed by atoms with van der Waals surface area (Å²) in [6, 6.07) is -0.831. The van der Waals surface area contributed by atoms with E-state index in [9.17, 15) is 4.79 Å². The van der Waals surface area contributed by atoms with Crippen LogP contribution in [0.5, 0.6) is 0 Å². The molecule has 9 nitrogen and oxygen atoms in total. The van der Waals surface area contributed by atoms with E-state index in [1.807, 2.05) is 0 Å². The molecule has 0 saturated carbocycles. The summed E-state index contributed by atoms with van der Waals surface area (Å²) in [4.78, 5) is 16.8. The molecular formula is C7H10N6O3. The lowest BCUT2D eigenvalue weighted by molar-refractivity contribution is -0.186. The SMILES string of the molecule is CO[C@@H]1C[C@@H](N=[N+]=[N-])C(=O)[C@@H](CN=[N+]=[N-])O1. The van der Waals surface area contributed by atoms with Gasteiger partial charge in [0.05, 0.1) is 6.54 Å². The first kappa shape index (κ1) is 12.3. The number of nitrogens with zero attached hydrogens (tertiary/aromatic N) is 6. The first-order valence-corrected chi connectivity index (χ1v) is 4.50. The first-order chi connectivity index (χ1) is 7.72. The fourth-order valence-corrected chi connectivity index (χ4v) is 1.38. The molecule has 0 radical (unpaired) electrons. The normalized spacial score (nSPS) is 29.1. The minimum atomic E-state index is -0.912. The summed E-state index contributed by atoms with van der Waals surface area (Å²) in [6.45, 7) is -0.132. The predicted molar refractivity (Wildman–Crippen MR) is 52.2 cm³/mol. The van der Waals surface area contributed by atoms with Gasteiger partial charge in [-0.3, -0.25) is 4.79 Å². The van der Waals surface area contributed by atoms with Crippen LogP contribution in [-0.2, 0) is 14.3 Å². The molecule has 16 heavy (non-hydrogen) atoms. The van der Waals surface area contributed by atoms with Crippen LogP contribution >= 0.6 is 0 Å². The maximum Gasteiger partial charge on any atom is 0.170 e. The van der Waals surface area contributed by atoms with Crippen molar-refractivity contribution in [2.45, 2.75) is 24.9 Å². The zero-order valence-electron chi connectivity index (χ0n) is 8.55. The van der Waals surface area contributed by atoms with Gasteiger partial charge in [0.15, 0.2) is 12.1 Å². The number of ether oxygens (including phenoxy) is 2. The van der Waals surface area contributed by atoms with Gasteiger partial charge >= 0.3 is 0 Å². The van der Waals surface area contributed by atoms with Gasteiger partial charge in [-0.15, -0.1) is 0 Å². The van der Waals surface area contributed by atoms with Crippen LogP contribution in [0.1, 0.15) is 6.42 Å². The molecule has 1 heterocycles. The molecule has 0 aromatic rings. The molecular weight excluding hydrogens is 216 g/mol. The van der Waals surface area contributed by atoms with Crippen molar-refractivity contribution in [1.82, 2.24) is 0 Å². The Bertz CT molecular complexity index is 359. The maximum absolute atomic E-state index is 11.7. The number of methoxy groups -OCH3 is 1. The van der Waals surface area contributed by atoms with Gasteiger partial charge < -0.3 is 9.47 Å². The highest BCUT2D eigenvalue weighted by Gasteiger charge is 2.36. The molecule has 0 spiro atoms. The lowest BCUT2D eigenvalue weighted by atomic mass is 10.0. The average Bonchev–Trinajstić information content (AvgIpc) is 2.30. The van der Waals surface area contributed by atoms with Gasteiger partial charge in [0.2, 0.25) is 0 Å². The van der Waals surface area contributed by atoms with Crippen LogP contribution in [-0.4, -0.2) is 37.9 Å². The standard InChI is InChI=1S/C7H10N6O3/c1-15-6-2-4(11-13-9)7(14)5(16-6)3-10-12-8/h4-6H,2-3H2,1H3/t4-,5-,6+/m1/s1. The number of Topliss-reactive ketones (excluding diaryl/α,β-unsaturated/α-hetero) is 1. The molecule has 0 unspecified atom stereocenters. The average molecular weight is 226 g/mol. The fourth-order valence-electron chi connectivity index (χ4n) is 1.38. The molecule has 86 valence electrons. The van der Waals surface area contributed by atoms with Gasteiger partial charge in [0.1, 0.15) is 12.1 Å². The number of hydrogen-bond acceptors (Lipinski definition) is 5. The quantitative estimate of drug-likeness (QED) is 0.406. The number of carbonyl (C=O) groups excluding carboxylic acids is 1. The van der Waals surface area contributed by atoms with Gasteiger partial charge in [-0.1, -0.05) is 10.2 Å². The van der Waals surface area contributed by atoms with E-state index in [0.717, 1.165) is 0 Å². The maximum atomic E-state index is 11.7. The van der Waals surface area contributed by atoms with Gasteiger partial charge in [-0.05, 0) is 11.1 Å². The largest absolute Gasteiger partial charge is 0.356 e. The van der Waals surface area contributed by atoms with Gasteiger partial charge in [0.25, 0.3) is 0 Å². The van der Waals surface area contributed by atoms with Crippen molar-refractivity contribution >= 4 is 5.78 Å².